The molecule has 0 aromatic heterocycles. The number of piperidine rings is 1. The van der Waals surface area contributed by atoms with Gasteiger partial charge in [0.25, 0.3) is 0 Å². The summed E-state index contributed by atoms with van der Waals surface area (Å²) in [5, 5.41) is 0.152. The molecule has 112 valence electrons. The second-order valence-electron chi connectivity index (χ2n) is 5.11. The van der Waals surface area contributed by atoms with E-state index < -0.39 is 0 Å². The summed E-state index contributed by atoms with van der Waals surface area (Å²) in [4.78, 5) is 2.21. The van der Waals surface area contributed by atoms with Crippen LogP contribution in [0.3, 0.4) is 0 Å². The molecule has 0 aliphatic carbocycles. The zero-order chi connectivity index (χ0) is 14.5. The van der Waals surface area contributed by atoms with Gasteiger partial charge in [0, 0.05) is 25.3 Å². The molecule has 1 heterocycles. The van der Waals surface area contributed by atoms with E-state index in [-0.39, 0.29) is 23.0 Å². The summed E-state index contributed by atoms with van der Waals surface area (Å²) < 4.78 is 19.9. The highest BCUT2D eigenvalue weighted by Crippen LogP contribution is 2.29. The van der Waals surface area contributed by atoms with Gasteiger partial charge in [-0.3, -0.25) is 4.90 Å². The van der Waals surface area contributed by atoms with Crippen molar-refractivity contribution >= 4 is 11.6 Å². The van der Waals surface area contributed by atoms with E-state index in [1.807, 2.05) is 6.92 Å². The lowest BCUT2D eigenvalue weighted by atomic mass is 10.00. The van der Waals surface area contributed by atoms with E-state index >= 15 is 0 Å². The molecule has 1 saturated heterocycles. The minimum absolute atomic E-state index is 0.142. The highest BCUT2D eigenvalue weighted by molar-refractivity contribution is 6.30. The number of ether oxygens (including phenoxy) is 1. The Hall–Kier alpha value is -0.680. The summed E-state index contributed by atoms with van der Waals surface area (Å²) >= 11 is 5.87. The molecular formula is C15H22ClFN2O. The average molecular weight is 301 g/mol. The summed E-state index contributed by atoms with van der Waals surface area (Å²) in [7, 11) is 0. The predicted molar refractivity (Wildman–Crippen MR) is 79.4 cm³/mol. The van der Waals surface area contributed by atoms with E-state index in [1.54, 1.807) is 18.2 Å². The van der Waals surface area contributed by atoms with Crippen molar-refractivity contribution in [1.29, 1.82) is 0 Å². The highest BCUT2D eigenvalue weighted by Gasteiger charge is 2.28. The van der Waals surface area contributed by atoms with Gasteiger partial charge in [0.05, 0.1) is 17.2 Å². The molecule has 0 bridgehead atoms. The van der Waals surface area contributed by atoms with Gasteiger partial charge in [-0.25, -0.2) is 4.39 Å². The molecule has 0 amide bonds. The molecule has 2 N–H and O–H groups in total. The second-order valence-corrected chi connectivity index (χ2v) is 5.52. The van der Waals surface area contributed by atoms with E-state index in [0.717, 1.165) is 25.9 Å². The van der Waals surface area contributed by atoms with Crippen LogP contribution in [0.4, 0.5) is 4.39 Å². The number of nitrogens with zero attached hydrogens (tertiary/aromatic N) is 1. The molecule has 0 spiro atoms. The molecule has 2 unspecified atom stereocenters. The van der Waals surface area contributed by atoms with Gasteiger partial charge in [0.15, 0.2) is 0 Å². The lowest BCUT2D eigenvalue weighted by Gasteiger charge is -2.38. The number of halogens is 2. The van der Waals surface area contributed by atoms with Gasteiger partial charge < -0.3 is 10.5 Å². The Morgan fingerprint density at radius 2 is 2.35 bits per heavy atom. The summed E-state index contributed by atoms with van der Waals surface area (Å²) in [5.41, 5.74) is 6.46. The second kappa shape index (κ2) is 7.36. The Morgan fingerprint density at radius 1 is 1.55 bits per heavy atom. The molecule has 0 saturated carbocycles. The lowest BCUT2D eigenvalue weighted by molar-refractivity contribution is -0.00701. The first kappa shape index (κ1) is 15.7. The molecular weight excluding hydrogens is 279 g/mol. The Labute approximate surface area is 124 Å². The number of likely N-dealkylation sites (tertiary alicyclic amines) is 1. The molecule has 1 fully saturated rings. The number of nitrogens with two attached hydrogens (primary N) is 1. The maximum absolute atomic E-state index is 14.2. The van der Waals surface area contributed by atoms with Crippen LogP contribution < -0.4 is 5.73 Å². The number of hydrogen-bond donors (Lipinski definition) is 1. The van der Waals surface area contributed by atoms with Crippen molar-refractivity contribution in [3.63, 3.8) is 0 Å². The number of rotatable bonds is 5. The number of hydrogen-bond acceptors (Lipinski definition) is 3. The van der Waals surface area contributed by atoms with Crippen LogP contribution in [0.15, 0.2) is 18.2 Å². The van der Waals surface area contributed by atoms with E-state index in [4.69, 9.17) is 22.1 Å². The molecule has 1 aromatic carbocycles. The van der Waals surface area contributed by atoms with Crippen LogP contribution in [0.5, 0.6) is 0 Å². The first-order chi connectivity index (χ1) is 9.67. The van der Waals surface area contributed by atoms with Crippen molar-refractivity contribution in [3.8, 4) is 0 Å². The quantitative estimate of drug-likeness (QED) is 0.908. The van der Waals surface area contributed by atoms with Crippen molar-refractivity contribution in [2.24, 2.45) is 5.73 Å². The molecule has 20 heavy (non-hydrogen) atoms. The summed E-state index contributed by atoms with van der Waals surface area (Å²) in [6.45, 7) is 4.78. The zero-order valence-electron chi connectivity index (χ0n) is 11.8. The number of benzene rings is 1. The van der Waals surface area contributed by atoms with Gasteiger partial charge in [-0.1, -0.05) is 23.7 Å². The first-order valence-electron chi connectivity index (χ1n) is 7.17. The Bertz CT molecular complexity index is 442. The van der Waals surface area contributed by atoms with Crippen molar-refractivity contribution < 1.29 is 9.13 Å². The van der Waals surface area contributed by atoms with Gasteiger partial charge in [0.2, 0.25) is 0 Å². The summed E-state index contributed by atoms with van der Waals surface area (Å²) in [6, 6.07) is 4.96. The topological polar surface area (TPSA) is 38.5 Å². The van der Waals surface area contributed by atoms with Crippen LogP contribution in [-0.2, 0) is 4.74 Å². The molecule has 1 aromatic rings. The van der Waals surface area contributed by atoms with Gasteiger partial charge in [0.1, 0.15) is 5.82 Å². The fourth-order valence-corrected chi connectivity index (χ4v) is 3.05. The van der Waals surface area contributed by atoms with Gasteiger partial charge in [-0.2, -0.15) is 0 Å². The van der Waals surface area contributed by atoms with Gasteiger partial charge >= 0.3 is 0 Å². The molecule has 1 aliphatic rings. The largest absolute Gasteiger partial charge is 0.377 e. The molecule has 1 aliphatic heterocycles. The smallest absolute Gasteiger partial charge is 0.146 e. The van der Waals surface area contributed by atoms with Gasteiger partial charge in [-0.05, 0) is 32.4 Å². The van der Waals surface area contributed by atoms with Crippen molar-refractivity contribution in [1.82, 2.24) is 4.90 Å². The summed E-state index contributed by atoms with van der Waals surface area (Å²) in [5.74, 6) is -0.358. The van der Waals surface area contributed by atoms with E-state index in [1.165, 1.54) is 0 Å². The maximum Gasteiger partial charge on any atom is 0.146 e. The highest BCUT2D eigenvalue weighted by atomic mass is 35.5. The Morgan fingerprint density at radius 3 is 3.05 bits per heavy atom. The lowest BCUT2D eigenvalue weighted by Crippen LogP contribution is -2.44. The van der Waals surface area contributed by atoms with Crippen LogP contribution in [0.25, 0.3) is 0 Å². The van der Waals surface area contributed by atoms with Crippen LogP contribution in [0.1, 0.15) is 31.4 Å². The zero-order valence-corrected chi connectivity index (χ0v) is 12.6. The minimum atomic E-state index is -0.358. The molecule has 0 radical (unpaired) electrons. The third-order valence-electron chi connectivity index (χ3n) is 3.82. The normalized spacial score (nSPS) is 21.9. The van der Waals surface area contributed by atoms with Gasteiger partial charge in [-0.15, -0.1) is 0 Å². The fourth-order valence-electron chi connectivity index (χ4n) is 2.87. The van der Waals surface area contributed by atoms with E-state index in [2.05, 4.69) is 4.90 Å². The van der Waals surface area contributed by atoms with Crippen LogP contribution in [0, 0.1) is 5.82 Å². The third kappa shape index (κ3) is 3.50. The Kier molecular flexibility index (Phi) is 5.78. The monoisotopic (exact) mass is 300 g/mol. The maximum atomic E-state index is 14.2. The standard InChI is InChI=1S/C15H22ClFN2O/c1-2-20-11-5-4-8-19(10-11)14(9-18)12-6-3-7-13(16)15(12)17/h3,6-7,11,14H,2,4-5,8-10,18H2,1H3. The Balaban J connectivity index is 2.17. The third-order valence-corrected chi connectivity index (χ3v) is 4.11. The van der Waals surface area contributed by atoms with Crippen molar-refractivity contribution in [3.05, 3.63) is 34.6 Å². The predicted octanol–water partition coefficient (Wildman–Crippen LogP) is 2.98. The summed E-state index contributed by atoms with van der Waals surface area (Å²) in [6.07, 6.45) is 2.31. The molecule has 2 atom stereocenters. The average Bonchev–Trinajstić information content (AvgIpc) is 2.45. The minimum Gasteiger partial charge on any atom is -0.377 e. The van der Waals surface area contributed by atoms with Crippen LogP contribution >= 0.6 is 11.6 Å². The SMILES string of the molecule is CCOC1CCCN(C(CN)c2cccc(Cl)c2F)C1. The fraction of sp³-hybridized carbons (Fsp3) is 0.600. The van der Waals surface area contributed by atoms with Crippen molar-refractivity contribution in [2.45, 2.75) is 31.9 Å². The van der Waals surface area contributed by atoms with E-state index in [9.17, 15) is 4.39 Å². The molecule has 3 nitrogen and oxygen atoms in total. The molecule has 5 heteroatoms. The van der Waals surface area contributed by atoms with E-state index in [0.29, 0.717) is 18.7 Å². The van der Waals surface area contributed by atoms with Crippen LogP contribution in [0.2, 0.25) is 5.02 Å². The van der Waals surface area contributed by atoms with Crippen LogP contribution in [-0.4, -0.2) is 37.2 Å². The van der Waals surface area contributed by atoms with Crippen molar-refractivity contribution in [2.75, 3.05) is 26.2 Å². The molecule has 2 rings (SSSR count). The first-order valence-corrected chi connectivity index (χ1v) is 7.54.